The van der Waals surface area contributed by atoms with Crippen LogP contribution in [-0.4, -0.2) is 12.1 Å². The summed E-state index contributed by atoms with van der Waals surface area (Å²) in [6.45, 7) is 0. The van der Waals surface area contributed by atoms with Crippen LogP contribution in [0.5, 0.6) is 0 Å². The van der Waals surface area contributed by atoms with Gasteiger partial charge in [-0.3, -0.25) is 4.79 Å². The Morgan fingerprint density at radius 1 is 1.04 bits per heavy atom. The fourth-order valence-electron chi connectivity index (χ4n) is 4.28. The van der Waals surface area contributed by atoms with Gasteiger partial charge in [0.25, 0.3) is 0 Å². The Hall–Kier alpha value is -2.22. The number of esters is 1. The summed E-state index contributed by atoms with van der Waals surface area (Å²) < 4.78 is 31.8. The summed E-state index contributed by atoms with van der Waals surface area (Å²) in [4.78, 5) is 12.5. The SMILES string of the molecule is N#C/C(F)=C\C1CCC(OC(=O)C2CCC(c3ccc(F)cc3)CC2)CC1. The van der Waals surface area contributed by atoms with Crippen molar-refractivity contribution < 1.29 is 18.3 Å². The van der Waals surface area contributed by atoms with E-state index in [2.05, 4.69) is 0 Å². The molecule has 0 atom stereocenters. The molecule has 144 valence electrons. The number of nitrogens with zero attached hydrogens (tertiary/aromatic N) is 1. The number of hydrogen-bond acceptors (Lipinski definition) is 3. The number of carbonyl (C=O) groups excluding carboxylic acids is 1. The number of benzene rings is 1. The second-order valence-electron chi connectivity index (χ2n) is 7.70. The Kier molecular flexibility index (Phi) is 6.60. The van der Waals surface area contributed by atoms with Crippen molar-refractivity contribution in [3.05, 3.63) is 47.5 Å². The lowest BCUT2D eigenvalue weighted by Crippen LogP contribution is -2.29. The van der Waals surface area contributed by atoms with E-state index in [0.29, 0.717) is 5.92 Å². The highest BCUT2D eigenvalue weighted by Crippen LogP contribution is 2.37. The van der Waals surface area contributed by atoms with Crippen molar-refractivity contribution in [2.75, 3.05) is 0 Å². The maximum atomic E-state index is 13.1. The largest absolute Gasteiger partial charge is 0.462 e. The van der Waals surface area contributed by atoms with E-state index < -0.39 is 5.83 Å². The molecular weight excluding hydrogens is 348 g/mol. The maximum Gasteiger partial charge on any atom is 0.309 e. The highest BCUT2D eigenvalue weighted by atomic mass is 19.1. The zero-order valence-electron chi connectivity index (χ0n) is 15.4. The molecule has 3 nitrogen and oxygen atoms in total. The predicted octanol–water partition coefficient (Wildman–Crippen LogP) is 5.58. The number of halogens is 2. The molecular formula is C22H25F2NO2. The minimum atomic E-state index is -0.728. The Morgan fingerprint density at radius 2 is 1.67 bits per heavy atom. The van der Waals surface area contributed by atoms with Crippen LogP contribution in [0.15, 0.2) is 36.2 Å². The fourth-order valence-corrected chi connectivity index (χ4v) is 4.28. The van der Waals surface area contributed by atoms with Crippen LogP contribution in [-0.2, 0) is 9.53 Å². The van der Waals surface area contributed by atoms with Gasteiger partial charge < -0.3 is 4.74 Å². The average Bonchev–Trinajstić information content (AvgIpc) is 2.70. The Balaban J connectivity index is 1.42. The molecule has 0 aromatic heterocycles. The van der Waals surface area contributed by atoms with E-state index in [9.17, 15) is 13.6 Å². The average molecular weight is 373 g/mol. The summed E-state index contributed by atoms with van der Waals surface area (Å²) in [5.74, 6) is -0.687. The molecule has 0 unspecified atom stereocenters. The van der Waals surface area contributed by atoms with Crippen molar-refractivity contribution in [2.45, 2.75) is 63.4 Å². The van der Waals surface area contributed by atoms with Crippen molar-refractivity contribution in [3.63, 3.8) is 0 Å². The molecule has 2 aliphatic rings. The molecule has 0 radical (unpaired) electrons. The fraction of sp³-hybridized carbons (Fsp3) is 0.545. The second kappa shape index (κ2) is 9.12. The molecule has 1 aromatic rings. The zero-order valence-corrected chi connectivity index (χ0v) is 15.4. The molecule has 3 rings (SSSR count). The molecule has 0 bridgehead atoms. The highest BCUT2D eigenvalue weighted by Gasteiger charge is 2.31. The van der Waals surface area contributed by atoms with E-state index in [1.165, 1.54) is 24.3 Å². The van der Waals surface area contributed by atoms with Gasteiger partial charge in [-0.05, 0) is 87.0 Å². The van der Waals surface area contributed by atoms with Crippen LogP contribution in [0.2, 0.25) is 0 Å². The van der Waals surface area contributed by atoms with Crippen molar-refractivity contribution in [1.29, 1.82) is 5.26 Å². The molecule has 0 aliphatic heterocycles. The first-order chi connectivity index (χ1) is 13.0. The van der Waals surface area contributed by atoms with Crippen molar-refractivity contribution in [2.24, 2.45) is 11.8 Å². The summed E-state index contributed by atoms with van der Waals surface area (Å²) in [7, 11) is 0. The van der Waals surface area contributed by atoms with Crippen molar-refractivity contribution >= 4 is 5.97 Å². The minimum absolute atomic E-state index is 0.0599. The zero-order chi connectivity index (χ0) is 19.2. The molecule has 0 heterocycles. The quantitative estimate of drug-likeness (QED) is 0.511. The van der Waals surface area contributed by atoms with Crippen LogP contribution in [0.1, 0.15) is 62.8 Å². The van der Waals surface area contributed by atoms with E-state index >= 15 is 0 Å². The normalized spacial score (nSPS) is 29.0. The van der Waals surface area contributed by atoms with Gasteiger partial charge in [0.1, 0.15) is 18.0 Å². The summed E-state index contributed by atoms with van der Waals surface area (Å²) >= 11 is 0. The van der Waals surface area contributed by atoms with Gasteiger partial charge in [0.2, 0.25) is 0 Å². The molecule has 2 saturated carbocycles. The summed E-state index contributed by atoms with van der Waals surface area (Å²) in [6.07, 6.45) is 7.63. The molecule has 5 heteroatoms. The van der Waals surface area contributed by atoms with Gasteiger partial charge in [-0.2, -0.15) is 9.65 Å². The smallest absolute Gasteiger partial charge is 0.309 e. The van der Waals surface area contributed by atoms with Crippen LogP contribution < -0.4 is 0 Å². The van der Waals surface area contributed by atoms with Crippen LogP contribution in [0, 0.1) is 29.0 Å². The first-order valence-electron chi connectivity index (χ1n) is 9.78. The molecule has 0 saturated heterocycles. The molecule has 2 fully saturated rings. The lowest BCUT2D eigenvalue weighted by atomic mass is 9.78. The van der Waals surface area contributed by atoms with Gasteiger partial charge in [-0.1, -0.05) is 12.1 Å². The van der Waals surface area contributed by atoms with Crippen molar-refractivity contribution in [3.8, 4) is 6.07 Å². The van der Waals surface area contributed by atoms with E-state index in [-0.39, 0.29) is 29.7 Å². The number of hydrogen-bond donors (Lipinski definition) is 0. The first kappa shape index (κ1) is 19.5. The van der Waals surface area contributed by atoms with Gasteiger partial charge >= 0.3 is 5.97 Å². The Morgan fingerprint density at radius 3 is 2.26 bits per heavy atom. The summed E-state index contributed by atoms with van der Waals surface area (Å²) in [6, 6.07) is 8.15. The molecule has 0 amide bonds. The topological polar surface area (TPSA) is 50.1 Å². The van der Waals surface area contributed by atoms with Gasteiger partial charge in [0, 0.05) is 0 Å². The van der Waals surface area contributed by atoms with E-state index in [4.69, 9.17) is 10.00 Å². The predicted molar refractivity (Wildman–Crippen MR) is 97.7 cm³/mol. The standard InChI is InChI=1S/C22H25F2NO2/c23-19-9-7-17(8-10-19)16-3-5-18(6-4-16)22(26)27-21-11-1-15(2-12-21)13-20(24)14-25/h7-10,13,15-16,18,21H,1-6,11-12H2/b20-13+. The molecule has 1 aromatic carbocycles. The number of nitriles is 1. The number of carbonyl (C=O) groups is 1. The third kappa shape index (κ3) is 5.38. The third-order valence-electron chi connectivity index (χ3n) is 5.89. The third-order valence-corrected chi connectivity index (χ3v) is 5.89. The van der Waals surface area contributed by atoms with Crippen molar-refractivity contribution in [1.82, 2.24) is 0 Å². The monoisotopic (exact) mass is 373 g/mol. The Bertz CT molecular complexity index is 707. The van der Waals surface area contributed by atoms with Gasteiger partial charge in [-0.15, -0.1) is 0 Å². The summed E-state index contributed by atoms with van der Waals surface area (Å²) in [5, 5.41) is 8.50. The van der Waals surface area contributed by atoms with E-state index in [0.717, 1.165) is 56.9 Å². The van der Waals surface area contributed by atoms with Gasteiger partial charge in [0.05, 0.1) is 5.92 Å². The second-order valence-corrected chi connectivity index (χ2v) is 7.70. The molecule has 0 N–H and O–H groups in total. The number of rotatable bonds is 4. The Labute approximate surface area is 159 Å². The first-order valence-corrected chi connectivity index (χ1v) is 9.78. The lowest BCUT2D eigenvalue weighted by molar-refractivity contribution is -0.157. The van der Waals surface area contributed by atoms with Gasteiger partial charge in [-0.25, -0.2) is 4.39 Å². The molecule has 2 aliphatic carbocycles. The maximum absolute atomic E-state index is 13.1. The molecule has 27 heavy (non-hydrogen) atoms. The van der Waals surface area contributed by atoms with Gasteiger partial charge in [0.15, 0.2) is 5.83 Å². The van der Waals surface area contributed by atoms with E-state index in [1.54, 1.807) is 0 Å². The number of ether oxygens (including phenoxy) is 1. The summed E-state index contributed by atoms with van der Waals surface area (Å²) in [5.41, 5.74) is 1.14. The highest BCUT2D eigenvalue weighted by molar-refractivity contribution is 5.72. The molecule has 0 spiro atoms. The van der Waals surface area contributed by atoms with Crippen LogP contribution in [0.3, 0.4) is 0 Å². The van der Waals surface area contributed by atoms with E-state index in [1.807, 2.05) is 12.1 Å². The lowest BCUT2D eigenvalue weighted by Gasteiger charge is -2.31. The minimum Gasteiger partial charge on any atom is -0.462 e. The van der Waals surface area contributed by atoms with Crippen LogP contribution in [0.4, 0.5) is 8.78 Å². The van der Waals surface area contributed by atoms with Crippen LogP contribution >= 0.6 is 0 Å². The number of allylic oxidation sites excluding steroid dienone is 2. The van der Waals surface area contributed by atoms with Crippen LogP contribution in [0.25, 0.3) is 0 Å².